The highest BCUT2D eigenvalue weighted by atomic mass is 79.9. The lowest BCUT2D eigenvalue weighted by molar-refractivity contribution is -0.137. The molecule has 4 fully saturated rings. The summed E-state index contributed by atoms with van der Waals surface area (Å²) in [7, 11) is 0. The van der Waals surface area contributed by atoms with Gasteiger partial charge in [0.2, 0.25) is 0 Å². The molecule has 4 saturated carbocycles. The zero-order valence-corrected chi connectivity index (χ0v) is 18.9. The van der Waals surface area contributed by atoms with Crippen LogP contribution in [0.25, 0.3) is 6.08 Å². The lowest BCUT2D eigenvalue weighted by atomic mass is 9.45. The molecule has 0 spiro atoms. The van der Waals surface area contributed by atoms with Crippen LogP contribution in [0.2, 0.25) is 0 Å². The first-order valence-electron chi connectivity index (χ1n) is 11.4. The summed E-state index contributed by atoms with van der Waals surface area (Å²) in [5, 5.41) is 0. The zero-order chi connectivity index (χ0) is 19.5. The van der Waals surface area contributed by atoms with Gasteiger partial charge in [-0.1, -0.05) is 54.8 Å². The molecule has 0 amide bonds. The number of benzene rings is 1. The number of allylic oxidation sites excluding steroid dienone is 1. The largest absolute Gasteiger partial charge is 0.294 e. The van der Waals surface area contributed by atoms with E-state index in [0.29, 0.717) is 17.1 Å². The van der Waals surface area contributed by atoms with Crippen molar-refractivity contribution < 1.29 is 4.79 Å². The average molecular weight is 441 g/mol. The van der Waals surface area contributed by atoms with Crippen molar-refractivity contribution in [1.82, 2.24) is 0 Å². The number of hydrogen-bond acceptors (Lipinski definition) is 1. The standard InChI is InChI=1S/C26H33BrO/c1-25-13-4-3-5-19(25)8-11-21-22(25)12-14-26(2)23(21)16-18(24(26)28)15-17-6-9-20(27)10-7-17/h6-7,9-10,15,19,21-23H,3-5,8,11-14,16H2,1-2H3/b18-15+/t19-,21+,22-,23-,25-,26-/m0/s1. The third-order valence-electron chi connectivity index (χ3n) is 9.43. The minimum absolute atomic E-state index is 0.111. The Bertz CT molecular complexity index is 808. The molecule has 1 nitrogen and oxygen atoms in total. The summed E-state index contributed by atoms with van der Waals surface area (Å²) in [5.74, 6) is 3.58. The predicted octanol–water partition coefficient (Wildman–Crippen LogP) is 7.44. The van der Waals surface area contributed by atoms with Gasteiger partial charge in [-0.05, 0) is 103 Å². The SMILES string of the molecule is C[C@]12CCCC[C@H]1CC[C@@H]1[C@@H]2CC[C@]2(C)C(=O)/C(=C/c3ccc(Br)cc3)C[C@@H]12. The number of carbonyl (C=O) groups excluding carboxylic acids is 1. The van der Waals surface area contributed by atoms with Crippen molar-refractivity contribution in [3.8, 4) is 0 Å². The molecule has 0 aromatic heterocycles. The molecule has 6 atom stereocenters. The van der Waals surface area contributed by atoms with E-state index in [1.165, 1.54) is 44.9 Å². The Morgan fingerprint density at radius 1 is 0.964 bits per heavy atom. The van der Waals surface area contributed by atoms with E-state index in [9.17, 15) is 4.79 Å². The molecule has 0 radical (unpaired) electrons. The van der Waals surface area contributed by atoms with Crippen LogP contribution in [-0.2, 0) is 4.79 Å². The van der Waals surface area contributed by atoms with Crippen LogP contribution in [0.4, 0.5) is 0 Å². The Morgan fingerprint density at radius 3 is 2.54 bits per heavy atom. The molecule has 1 aromatic rings. The molecule has 5 rings (SSSR count). The van der Waals surface area contributed by atoms with E-state index in [4.69, 9.17) is 0 Å². The molecule has 1 aromatic carbocycles. The minimum atomic E-state index is -0.111. The van der Waals surface area contributed by atoms with E-state index in [1.54, 1.807) is 0 Å². The van der Waals surface area contributed by atoms with Crippen LogP contribution < -0.4 is 0 Å². The second-order valence-electron chi connectivity index (χ2n) is 10.6. The maximum Gasteiger partial charge on any atom is 0.165 e. The Labute approximate surface area is 178 Å². The number of ketones is 1. The van der Waals surface area contributed by atoms with E-state index in [1.807, 2.05) is 0 Å². The van der Waals surface area contributed by atoms with Crippen molar-refractivity contribution in [2.45, 2.75) is 71.6 Å². The highest BCUT2D eigenvalue weighted by Crippen LogP contribution is 2.66. The fourth-order valence-corrected chi connectivity index (χ4v) is 8.12. The second kappa shape index (κ2) is 6.83. The van der Waals surface area contributed by atoms with Crippen molar-refractivity contribution in [3.05, 3.63) is 39.9 Å². The fourth-order valence-electron chi connectivity index (χ4n) is 7.85. The molecule has 0 bridgehead atoms. The maximum absolute atomic E-state index is 13.5. The van der Waals surface area contributed by atoms with Gasteiger partial charge in [0.05, 0.1) is 0 Å². The van der Waals surface area contributed by atoms with Gasteiger partial charge in [0.15, 0.2) is 5.78 Å². The zero-order valence-electron chi connectivity index (χ0n) is 17.3. The Hall–Kier alpha value is -0.890. The summed E-state index contributed by atoms with van der Waals surface area (Å²) in [6.45, 7) is 4.92. The molecule has 0 N–H and O–H groups in total. The first-order valence-corrected chi connectivity index (χ1v) is 12.2. The summed E-state index contributed by atoms with van der Waals surface area (Å²) < 4.78 is 1.09. The van der Waals surface area contributed by atoms with E-state index >= 15 is 0 Å². The van der Waals surface area contributed by atoms with Gasteiger partial charge in [-0.15, -0.1) is 0 Å². The molecule has 2 heteroatoms. The van der Waals surface area contributed by atoms with Crippen LogP contribution >= 0.6 is 15.9 Å². The summed E-state index contributed by atoms with van der Waals surface area (Å²) in [4.78, 5) is 13.5. The van der Waals surface area contributed by atoms with E-state index in [0.717, 1.165) is 46.2 Å². The third-order valence-corrected chi connectivity index (χ3v) is 9.96. The molecule has 0 aliphatic heterocycles. The van der Waals surface area contributed by atoms with Gasteiger partial charge in [0, 0.05) is 9.89 Å². The second-order valence-corrected chi connectivity index (χ2v) is 11.5. The molecular formula is C26H33BrO. The van der Waals surface area contributed by atoms with Crippen molar-refractivity contribution in [1.29, 1.82) is 0 Å². The number of rotatable bonds is 1. The van der Waals surface area contributed by atoms with Crippen LogP contribution in [0, 0.1) is 34.5 Å². The van der Waals surface area contributed by atoms with Crippen LogP contribution in [0.1, 0.15) is 77.2 Å². The van der Waals surface area contributed by atoms with Crippen molar-refractivity contribution in [2.24, 2.45) is 34.5 Å². The lowest BCUT2D eigenvalue weighted by Gasteiger charge is -2.59. The van der Waals surface area contributed by atoms with Crippen molar-refractivity contribution in [3.63, 3.8) is 0 Å². The normalized spacial score (nSPS) is 44.1. The number of halogens is 1. The highest BCUT2D eigenvalue weighted by molar-refractivity contribution is 9.10. The van der Waals surface area contributed by atoms with Crippen molar-refractivity contribution in [2.75, 3.05) is 0 Å². The predicted molar refractivity (Wildman–Crippen MR) is 119 cm³/mol. The molecule has 150 valence electrons. The number of fused-ring (bicyclic) bond motifs is 5. The quantitative estimate of drug-likeness (QED) is 0.414. The Balaban J connectivity index is 1.45. The smallest absolute Gasteiger partial charge is 0.165 e. The van der Waals surface area contributed by atoms with Gasteiger partial charge in [-0.3, -0.25) is 4.79 Å². The average Bonchev–Trinajstić information content (AvgIpc) is 2.94. The van der Waals surface area contributed by atoms with E-state index < -0.39 is 0 Å². The summed E-state index contributed by atoms with van der Waals surface area (Å²) in [6.07, 6.45) is 14.1. The highest BCUT2D eigenvalue weighted by Gasteiger charge is 2.60. The summed E-state index contributed by atoms with van der Waals surface area (Å²) >= 11 is 3.51. The Morgan fingerprint density at radius 2 is 1.75 bits per heavy atom. The number of hydrogen-bond donors (Lipinski definition) is 0. The van der Waals surface area contributed by atoms with Gasteiger partial charge in [-0.25, -0.2) is 0 Å². The van der Waals surface area contributed by atoms with Gasteiger partial charge in [-0.2, -0.15) is 0 Å². The van der Waals surface area contributed by atoms with Gasteiger partial charge in [0.1, 0.15) is 0 Å². The van der Waals surface area contributed by atoms with Crippen LogP contribution in [0.15, 0.2) is 34.3 Å². The number of Topliss-reactive ketones (excluding diaryl/α,β-unsaturated/α-hetero) is 1. The van der Waals surface area contributed by atoms with Crippen molar-refractivity contribution >= 4 is 27.8 Å². The summed E-state index contributed by atoms with van der Waals surface area (Å²) in [6, 6.07) is 8.38. The third kappa shape index (κ3) is 2.81. The van der Waals surface area contributed by atoms with E-state index in [-0.39, 0.29) is 5.41 Å². The molecule has 4 aliphatic rings. The monoisotopic (exact) mass is 440 g/mol. The topological polar surface area (TPSA) is 17.1 Å². The number of carbonyl (C=O) groups is 1. The van der Waals surface area contributed by atoms with E-state index in [2.05, 4.69) is 60.1 Å². The first-order chi connectivity index (χ1) is 13.4. The maximum atomic E-state index is 13.5. The molecule has 0 saturated heterocycles. The van der Waals surface area contributed by atoms with Crippen LogP contribution in [0.5, 0.6) is 0 Å². The van der Waals surface area contributed by atoms with Gasteiger partial charge in [0.25, 0.3) is 0 Å². The lowest BCUT2D eigenvalue weighted by Crippen LogP contribution is -2.52. The molecule has 0 heterocycles. The minimum Gasteiger partial charge on any atom is -0.294 e. The molecule has 0 unspecified atom stereocenters. The molecule has 28 heavy (non-hydrogen) atoms. The Kier molecular flexibility index (Phi) is 4.66. The van der Waals surface area contributed by atoms with Crippen LogP contribution in [0.3, 0.4) is 0 Å². The van der Waals surface area contributed by atoms with Crippen LogP contribution in [-0.4, -0.2) is 5.78 Å². The molecular weight excluding hydrogens is 408 g/mol. The first kappa shape index (κ1) is 19.1. The molecule has 4 aliphatic carbocycles. The van der Waals surface area contributed by atoms with Gasteiger partial charge >= 0.3 is 0 Å². The van der Waals surface area contributed by atoms with Gasteiger partial charge < -0.3 is 0 Å². The summed E-state index contributed by atoms with van der Waals surface area (Å²) in [5.41, 5.74) is 2.68. The fraction of sp³-hybridized carbons (Fsp3) is 0.654.